The molecule has 0 aromatic heterocycles. The van der Waals surface area contributed by atoms with Crippen LogP contribution in [-0.4, -0.2) is 43.8 Å². The van der Waals surface area contributed by atoms with Crippen molar-refractivity contribution in [3.05, 3.63) is 35.4 Å². The number of carbonyl (C=O) groups is 2. The third-order valence-electron chi connectivity index (χ3n) is 3.80. The second-order valence-electron chi connectivity index (χ2n) is 6.47. The number of rotatable bonds is 5. The summed E-state index contributed by atoms with van der Waals surface area (Å²) in [4.78, 5) is 24.0. The maximum atomic E-state index is 12.0. The molecule has 1 aromatic carbocycles. The lowest BCUT2D eigenvalue weighted by atomic mass is 10.1. The maximum Gasteiger partial charge on any atom is 0.348 e. The van der Waals surface area contributed by atoms with E-state index >= 15 is 0 Å². The van der Waals surface area contributed by atoms with Gasteiger partial charge in [0.05, 0.1) is 19.8 Å². The van der Waals surface area contributed by atoms with Crippen LogP contribution in [0.1, 0.15) is 32.3 Å². The van der Waals surface area contributed by atoms with Crippen LogP contribution in [0.2, 0.25) is 0 Å². The molecule has 2 aliphatic heterocycles. The predicted molar refractivity (Wildman–Crippen MR) is 91.1 cm³/mol. The number of hydrogen-bond acceptors (Lipinski definition) is 7. The second-order valence-corrected chi connectivity index (χ2v) is 6.47. The molecule has 0 atom stereocenters. The molecule has 2 aliphatic rings. The van der Waals surface area contributed by atoms with Gasteiger partial charge in [-0.3, -0.25) is 0 Å². The third kappa shape index (κ3) is 4.83. The fourth-order valence-electron chi connectivity index (χ4n) is 2.62. The minimum Gasteiger partial charge on any atom is -0.493 e. The Bertz CT molecular complexity index is 680. The van der Waals surface area contributed by atoms with E-state index in [2.05, 4.69) is 0 Å². The number of carbonyl (C=O) groups excluding carboxylic acids is 2. The van der Waals surface area contributed by atoms with Crippen molar-refractivity contribution < 1.29 is 33.3 Å². The molecule has 2 heterocycles. The van der Waals surface area contributed by atoms with E-state index in [0.717, 1.165) is 6.42 Å². The molecule has 26 heavy (non-hydrogen) atoms. The summed E-state index contributed by atoms with van der Waals surface area (Å²) in [5.74, 6) is -2.04. The van der Waals surface area contributed by atoms with Crippen LogP contribution in [0.15, 0.2) is 29.8 Å². The van der Waals surface area contributed by atoms with Gasteiger partial charge in [-0.2, -0.15) is 0 Å². The number of benzene rings is 1. The van der Waals surface area contributed by atoms with Gasteiger partial charge in [0.15, 0.2) is 6.29 Å². The summed E-state index contributed by atoms with van der Waals surface area (Å²) in [7, 11) is 0. The van der Waals surface area contributed by atoms with Gasteiger partial charge in [-0.25, -0.2) is 9.59 Å². The standard InChI is InChI=1S/C19H22O7/c1-19(2)25-17(20)15(18(21)26-19)12-13-5-3-6-14(11-13)22-10-7-16-23-8-4-9-24-16/h3,5-6,11-12,16H,4,7-10H2,1-2H3. The fourth-order valence-corrected chi connectivity index (χ4v) is 2.62. The third-order valence-corrected chi connectivity index (χ3v) is 3.80. The van der Waals surface area contributed by atoms with Crippen molar-refractivity contribution >= 4 is 18.0 Å². The molecule has 0 bridgehead atoms. The van der Waals surface area contributed by atoms with Crippen LogP contribution in [-0.2, 0) is 28.5 Å². The molecule has 0 saturated carbocycles. The summed E-state index contributed by atoms with van der Waals surface area (Å²) in [5.41, 5.74) is 0.488. The Balaban J connectivity index is 1.61. The van der Waals surface area contributed by atoms with Crippen LogP contribution in [0.5, 0.6) is 5.75 Å². The number of esters is 2. The Morgan fingerprint density at radius 3 is 2.54 bits per heavy atom. The first-order valence-electron chi connectivity index (χ1n) is 8.57. The maximum absolute atomic E-state index is 12.0. The molecule has 0 N–H and O–H groups in total. The Morgan fingerprint density at radius 2 is 1.85 bits per heavy atom. The highest BCUT2D eigenvalue weighted by Gasteiger charge is 2.38. The van der Waals surface area contributed by atoms with Crippen LogP contribution in [0.4, 0.5) is 0 Å². The minimum absolute atomic E-state index is 0.148. The zero-order valence-corrected chi connectivity index (χ0v) is 14.9. The van der Waals surface area contributed by atoms with E-state index in [9.17, 15) is 9.59 Å². The fraction of sp³-hybridized carbons (Fsp3) is 0.474. The molecule has 7 nitrogen and oxygen atoms in total. The largest absolute Gasteiger partial charge is 0.493 e. The van der Waals surface area contributed by atoms with Crippen molar-refractivity contribution in [1.29, 1.82) is 0 Å². The highest BCUT2D eigenvalue weighted by atomic mass is 16.7. The zero-order chi connectivity index (χ0) is 18.6. The van der Waals surface area contributed by atoms with Crippen molar-refractivity contribution in [1.82, 2.24) is 0 Å². The lowest BCUT2D eigenvalue weighted by molar-refractivity contribution is -0.222. The van der Waals surface area contributed by atoms with Crippen molar-refractivity contribution in [3.63, 3.8) is 0 Å². The smallest absolute Gasteiger partial charge is 0.348 e. The van der Waals surface area contributed by atoms with Crippen molar-refractivity contribution in [2.75, 3.05) is 19.8 Å². The first-order valence-corrected chi connectivity index (χ1v) is 8.57. The summed E-state index contributed by atoms with van der Waals surface area (Å²) in [6.07, 6.45) is 2.74. The minimum atomic E-state index is -1.25. The van der Waals surface area contributed by atoms with Gasteiger partial charge in [0.25, 0.3) is 5.79 Å². The lowest BCUT2D eigenvalue weighted by Crippen LogP contribution is -2.41. The van der Waals surface area contributed by atoms with Crippen LogP contribution >= 0.6 is 0 Å². The SMILES string of the molecule is CC1(C)OC(=O)C(=Cc2cccc(OCCC3OCCCO3)c2)C(=O)O1. The molecule has 7 heteroatoms. The van der Waals surface area contributed by atoms with Gasteiger partial charge in [0.2, 0.25) is 0 Å². The van der Waals surface area contributed by atoms with Crippen molar-refractivity contribution in [3.8, 4) is 5.75 Å². The van der Waals surface area contributed by atoms with E-state index in [1.165, 1.54) is 19.9 Å². The highest BCUT2D eigenvalue weighted by molar-refractivity contribution is 6.18. The molecule has 0 amide bonds. The van der Waals surface area contributed by atoms with Gasteiger partial charge in [0, 0.05) is 20.3 Å². The molecular weight excluding hydrogens is 340 g/mol. The molecule has 0 unspecified atom stereocenters. The normalized spacial score (nSPS) is 20.3. The summed E-state index contributed by atoms with van der Waals surface area (Å²) in [6.45, 7) is 4.86. The second kappa shape index (κ2) is 7.88. The van der Waals surface area contributed by atoms with Crippen molar-refractivity contribution in [2.45, 2.75) is 38.8 Å². The quantitative estimate of drug-likeness (QED) is 0.452. The number of hydrogen-bond donors (Lipinski definition) is 0. The van der Waals surface area contributed by atoms with E-state index in [-0.39, 0.29) is 11.9 Å². The van der Waals surface area contributed by atoms with Gasteiger partial charge in [0.1, 0.15) is 11.3 Å². The summed E-state index contributed by atoms with van der Waals surface area (Å²) >= 11 is 0. The first-order chi connectivity index (χ1) is 12.4. The van der Waals surface area contributed by atoms with E-state index < -0.39 is 17.7 Å². The summed E-state index contributed by atoms with van der Waals surface area (Å²) < 4.78 is 26.8. The van der Waals surface area contributed by atoms with Crippen LogP contribution in [0, 0.1) is 0 Å². The van der Waals surface area contributed by atoms with Gasteiger partial charge < -0.3 is 23.7 Å². The first kappa shape index (κ1) is 18.4. The Kier molecular flexibility index (Phi) is 5.58. The van der Waals surface area contributed by atoms with E-state index in [1.807, 2.05) is 0 Å². The van der Waals surface area contributed by atoms with Crippen LogP contribution in [0.25, 0.3) is 6.08 Å². The van der Waals surface area contributed by atoms with Crippen molar-refractivity contribution in [2.24, 2.45) is 0 Å². The highest BCUT2D eigenvalue weighted by Crippen LogP contribution is 2.25. The molecule has 140 valence electrons. The average Bonchev–Trinajstić information content (AvgIpc) is 2.59. The molecule has 0 spiro atoms. The van der Waals surface area contributed by atoms with Crippen LogP contribution < -0.4 is 4.74 Å². The predicted octanol–water partition coefficient (Wildman–Crippen LogP) is 2.44. The van der Waals surface area contributed by atoms with Gasteiger partial charge in [-0.15, -0.1) is 0 Å². The summed E-state index contributed by atoms with van der Waals surface area (Å²) in [6, 6.07) is 7.06. The lowest BCUT2D eigenvalue weighted by Gasteiger charge is -2.29. The molecule has 2 saturated heterocycles. The molecule has 0 aliphatic carbocycles. The molecule has 1 aromatic rings. The molecular formula is C19H22O7. The molecule has 2 fully saturated rings. The van der Waals surface area contributed by atoms with E-state index in [4.69, 9.17) is 23.7 Å². The van der Waals surface area contributed by atoms with Crippen LogP contribution in [0.3, 0.4) is 0 Å². The monoisotopic (exact) mass is 362 g/mol. The topological polar surface area (TPSA) is 80.3 Å². The number of ether oxygens (including phenoxy) is 5. The van der Waals surface area contributed by atoms with E-state index in [0.29, 0.717) is 37.6 Å². The molecule has 0 radical (unpaired) electrons. The van der Waals surface area contributed by atoms with Gasteiger partial charge >= 0.3 is 11.9 Å². The van der Waals surface area contributed by atoms with E-state index in [1.54, 1.807) is 24.3 Å². The number of cyclic esters (lactones) is 2. The van der Waals surface area contributed by atoms with Gasteiger partial charge in [-0.1, -0.05) is 12.1 Å². The summed E-state index contributed by atoms with van der Waals surface area (Å²) in [5, 5.41) is 0. The van der Waals surface area contributed by atoms with Gasteiger partial charge in [-0.05, 0) is 30.2 Å². The Labute approximate surface area is 151 Å². The Morgan fingerprint density at radius 1 is 1.15 bits per heavy atom. The Hall–Kier alpha value is -2.38. The average molecular weight is 362 g/mol. The zero-order valence-electron chi connectivity index (χ0n) is 14.9. The molecule has 3 rings (SSSR count).